The molecule has 1 atom stereocenters. The van der Waals surface area contributed by atoms with E-state index in [4.69, 9.17) is 0 Å². The molecule has 1 amide bonds. The molecule has 4 nitrogen and oxygen atoms in total. The molecule has 2 aromatic carbocycles. The molecule has 0 saturated heterocycles. The maximum Gasteiger partial charge on any atom is 0.272 e. The number of hydrogen-bond donors (Lipinski definition) is 1. The first-order valence-electron chi connectivity index (χ1n) is 7.42. The van der Waals surface area contributed by atoms with Crippen LogP contribution >= 0.6 is 15.9 Å². The molecule has 0 spiro atoms. The van der Waals surface area contributed by atoms with Gasteiger partial charge in [0.1, 0.15) is 11.5 Å². The fourth-order valence-electron chi connectivity index (χ4n) is 2.39. The summed E-state index contributed by atoms with van der Waals surface area (Å²) in [5.74, 6) is -0.706. The standard InChI is InChI=1S/C18H15BrFN3O/c1-12(13-6-2-3-7-14(13)19)21-18(24)16-10-11-23(22-16)17-9-5-4-8-15(17)20/h2-12H,1H3,(H,21,24). The Balaban J connectivity index is 1.77. The van der Waals surface area contributed by atoms with Crippen molar-refractivity contribution in [2.45, 2.75) is 13.0 Å². The normalized spacial score (nSPS) is 12.0. The Morgan fingerprint density at radius 1 is 1.17 bits per heavy atom. The number of carbonyl (C=O) groups excluding carboxylic acids is 1. The second-order valence-electron chi connectivity index (χ2n) is 5.31. The van der Waals surface area contributed by atoms with E-state index in [1.54, 1.807) is 30.5 Å². The van der Waals surface area contributed by atoms with E-state index in [0.29, 0.717) is 5.69 Å². The van der Waals surface area contributed by atoms with Crippen molar-refractivity contribution >= 4 is 21.8 Å². The highest BCUT2D eigenvalue weighted by atomic mass is 79.9. The minimum Gasteiger partial charge on any atom is -0.344 e. The highest BCUT2D eigenvalue weighted by Gasteiger charge is 2.16. The van der Waals surface area contributed by atoms with E-state index < -0.39 is 5.82 Å². The van der Waals surface area contributed by atoms with Crippen LogP contribution in [0.3, 0.4) is 0 Å². The van der Waals surface area contributed by atoms with Crippen molar-refractivity contribution in [1.82, 2.24) is 15.1 Å². The number of benzene rings is 2. The Kier molecular flexibility index (Phi) is 4.76. The Bertz CT molecular complexity index is 878. The molecule has 6 heteroatoms. The van der Waals surface area contributed by atoms with Gasteiger partial charge in [0.05, 0.1) is 6.04 Å². The monoisotopic (exact) mass is 387 g/mol. The lowest BCUT2D eigenvalue weighted by Crippen LogP contribution is -2.27. The first kappa shape index (κ1) is 16.4. The zero-order chi connectivity index (χ0) is 17.1. The Morgan fingerprint density at radius 2 is 1.88 bits per heavy atom. The largest absolute Gasteiger partial charge is 0.344 e. The number of nitrogens with zero attached hydrogens (tertiary/aromatic N) is 2. The van der Waals surface area contributed by atoms with Gasteiger partial charge in [-0.15, -0.1) is 0 Å². The minimum absolute atomic E-state index is 0.188. The van der Waals surface area contributed by atoms with Gasteiger partial charge in [0.25, 0.3) is 5.91 Å². The zero-order valence-electron chi connectivity index (χ0n) is 12.9. The smallest absolute Gasteiger partial charge is 0.272 e. The number of para-hydroxylation sites is 1. The quantitative estimate of drug-likeness (QED) is 0.726. The van der Waals surface area contributed by atoms with E-state index in [0.717, 1.165) is 10.0 Å². The molecule has 122 valence electrons. The summed E-state index contributed by atoms with van der Waals surface area (Å²) in [4.78, 5) is 12.4. The summed E-state index contributed by atoms with van der Waals surface area (Å²) in [6.07, 6.45) is 1.57. The number of carbonyl (C=O) groups is 1. The molecule has 3 rings (SSSR count). The molecule has 0 aliphatic heterocycles. The van der Waals surface area contributed by atoms with Gasteiger partial charge >= 0.3 is 0 Å². The maximum absolute atomic E-state index is 13.8. The predicted octanol–water partition coefficient (Wildman–Crippen LogP) is 4.26. The van der Waals surface area contributed by atoms with Crippen LogP contribution in [0.15, 0.2) is 65.3 Å². The van der Waals surface area contributed by atoms with Crippen LogP contribution in [0.25, 0.3) is 5.69 Å². The number of halogens is 2. The van der Waals surface area contributed by atoms with Gasteiger partial charge in [-0.05, 0) is 36.8 Å². The minimum atomic E-state index is -0.394. The SMILES string of the molecule is CC(NC(=O)c1ccn(-c2ccccc2F)n1)c1ccccc1Br. The second-order valence-corrected chi connectivity index (χ2v) is 6.17. The molecule has 0 aliphatic rings. The van der Waals surface area contributed by atoms with E-state index in [1.165, 1.54) is 10.7 Å². The fraction of sp³-hybridized carbons (Fsp3) is 0.111. The van der Waals surface area contributed by atoms with Gasteiger partial charge < -0.3 is 5.32 Å². The molecule has 1 unspecified atom stereocenters. The summed E-state index contributed by atoms with van der Waals surface area (Å²) in [5, 5.41) is 7.06. The van der Waals surface area contributed by atoms with Crippen LogP contribution in [0.5, 0.6) is 0 Å². The summed E-state index contributed by atoms with van der Waals surface area (Å²) < 4.78 is 16.1. The van der Waals surface area contributed by atoms with Crippen molar-refractivity contribution in [3.05, 3.63) is 82.3 Å². The number of nitrogens with one attached hydrogen (secondary N) is 1. The molecular weight excluding hydrogens is 373 g/mol. The van der Waals surface area contributed by atoms with E-state index in [1.807, 2.05) is 31.2 Å². The fourth-order valence-corrected chi connectivity index (χ4v) is 3.02. The molecule has 0 fully saturated rings. The summed E-state index contributed by atoms with van der Waals surface area (Å²) >= 11 is 3.47. The van der Waals surface area contributed by atoms with Gasteiger partial charge in [-0.2, -0.15) is 5.10 Å². The molecule has 3 aromatic rings. The van der Waals surface area contributed by atoms with Crippen LogP contribution in [-0.4, -0.2) is 15.7 Å². The van der Waals surface area contributed by atoms with Crippen molar-refractivity contribution in [3.63, 3.8) is 0 Å². The molecule has 1 heterocycles. The van der Waals surface area contributed by atoms with Crippen LogP contribution in [-0.2, 0) is 0 Å². The maximum atomic E-state index is 13.8. The first-order chi connectivity index (χ1) is 11.6. The summed E-state index contributed by atoms with van der Waals surface area (Å²) in [7, 11) is 0. The average molecular weight is 388 g/mol. The molecule has 0 radical (unpaired) electrons. The average Bonchev–Trinajstić information content (AvgIpc) is 3.05. The van der Waals surface area contributed by atoms with Crippen LogP contribution in [0.1, 0.15) is 29.0 Å². The van der Waals surface area contributed by atoms with Crippen molar-refractivity contribution in [3.8, 4) is 5.69 Å². The van der Waals surface area contributed by atoms with E-state index in [-0.39, 0.29) is 17.6 Å². The van der Waals surface area contributed by atoms with Crippen molar-refractivity contribution < 1.29 is 9.18 Å². The molecular formula is C18H15BrFN3O. The molecule has 1 N–H and O–H groups in total. The predicted molar refractivity (Wildman–Crippen MR) is 93.5 cm³/mol. The number of rotatable bonds is 4. The highest BCUT2D eigenvalue weighted by molar-refractivity contribution is 9.10. The van der Waals surface area contributed by atoms with Crippen LogP contribution < -0.4 is 5.32 Å². The molecule has 1 aromatic heterocycles. The molecule has 24 heavy (non-hydrogen) atoms. The lowest BCUT2D eigenvalue weighted by molar-refractivity contribution is 0.0934. The zero-order valence-corrected chi connectivity index (χ0v) is 14.5. The molecule has 0 aliphatic carbocycles. The Hall–Kier alpha value is -2.47. The van der Waals surface area contributed by atoms with Crippen molar-refractivity contribution in [1.29, 1.82) is 0 Å². The second kappa shape index (κ2) is 6.97. The molecule has 0 saturated carbocycles. The van der Waals surface area contributed by atoms with Crippen LogP contribution in [0.2, 0.25) is 0 Å². The van der Waals surface area contributed by atoms with Gasteiger partial charge in [0.2, 0.25) is 0 Å². The van der Waals surface area contributed by atoms with Gasteiger partial charge in [-0.3, -0.25) is 4.79 Å². The Morgan fingerprint density at radius 3 is 2.62 bits per heavy atom. The lowest BCUT2D eigenvalue weighted by atomic mass is 10.1. The topological polar surface area (TPSA) is 46.9 Å². The number of hydrogen-bond acceptors (Lipinski definition) is 2. The van der Waals surface area contributed by atoms with E-state index in [9.17, 15) is 9.18 Å². The third-order valence-corrected chi connectivity index (χ3v) is 4.36. The third-order valence-electron chi connectivity index (χ3n) is 3.64. The van der Waals surface area contributed by atoms with Crippen LogP contribution in [0, 0.1) is 5.82 Å². The lowest BCUT2D eigenvalue weighted by Gasteiger charge is -2.15. The van der Waals surface area contributed by atoms with E-state index in [2.05, 4.69) is 26.3 Å². The first-order valence-corrected chi connectivity index (χ1v) is 8.21. The van der Waals surface area contributed by atoms with E-state index >= 15 is 0 Å². The highest BCUT2D eigenvalue weighted by Crippen LogP contribution is 2.23. The van der Waals surface area contributed by atoms with Gasteiger partial charge in [0.15, 0.2) is 5.69 Å². The number of amides is 1. The van der Waals surface area contributed by atoms with Crippen molar-refractivity contribution in [2.75, 3.05) is 0 Å². The Labute approximate surface area is 147 Å². The summed E-state index contributed by atoms with van der Waals surface area (Å²) in [6.45, 7) is 1.89. The van der Waals surface area contributed by atoms with Crippen LogP contribution in [0.4, 0.5) is 4.39 Å². The summed E-state index contributed by atoms with van der Waals surface area (Å²) in [6, 6.07) is 15.3. The van der Waals surface area contributed by atoms with Gasteiger partial charge in [0, 0.05) is 10.7 Å². The third kappa shape index (κ3) is 3.38. The van der Waals surface area contributed by atoms with Gasteiger partial charge in [-0.1, -0.05) is 46.3 Å². The molecule has 0 bridgehead atoms. The summed E-state index contributed by atoms with van der Waals surface area (Å²) in [5.41, 5.74) is 1.51. The number of aromatic nitrogens is 2. The van der Waals surface area contributed by atoms with Crippen molar-refractivity contribution in [2.24, 2.45) is 0 Å². The van der Waals surface area contributed by atoms with Gasteiger partial charge in [-0.25, -0.2) is 9.07 Å².